The lowest BCUT2D eigenvalue weighted by Gasteiger charge is -2.15. The average molecular weight is 252 g/mol. The Kier molecular flexibility index (Phi) is 2.92. The van der Waals surface area contributed by atoms with Gasteiger partial charge in [-0.3, -0.25) is 0 Å². The van der Waals surface area contributed by atoms with Crippen molar-refractivity contribution in [3.05, 3.63) is 65.0 Å². The zero-order valence-electron chi connectivity index (χ0n) is 10.4. The molecule has 0 heterocycles. The molecule has 0 saturated heterocycles. The normalized spacial score (nSPS) is 16.7. The molecule has 94 valence electrons. The van der Waals surface area contributed by atoms with Gasteiger partial charge in [-0.25, -0.2) is 4.39 Å². The zero-order chi connectivity index (χ0) is 13.2. The van der Waals surface area contributed by atoms with Gasteiger partial charge < -0.3 is 5.32 Å². The van der Waals surface area contributed by atoms with Crippen LogP contribution in [0.25, 0.3) is 0 Å². The molecule has 0 spiro atoms. The highest BCUT2D eigenvalue weighted by atomic mass is 19.1. The first kappa shape index (κ1) is 11.7. The van der Waals surface area contributed by atoms with Crippen LogP contribution in [0.2, 0.25) is 0 Å². The van der Waals surface area contributed by atoms with Crippen molar-refractivity contribution in [3.63, 3.8) is 0 Å². The SMILES string of the molecule is N#Cc1ccc(NC2CCc3c(F)cccc32)cc1. The van der Waals surface area contributed by atoms with E-state index in [1.165, 1.54) is 6.07 Å². The van der Waals surface area contributed by atoms with Gasteiger partial charge in [-0.15, -0.1) is 0 Å². The highest BCUT2D eigenvalue weighted by molar-refractivity contribution is 5.50. The fourth-order valence-electron chi connectivity index (χ4n) is 2.60. The third kappa shape index (κ3) is 2.17. The van der Waals surface area contributed by atoms with E-state index in [-0.39, 0.29) is 11.9 Å². The smallest absolute Gasteiger partial charge is 0.126 e. The molecule has 1 aliphatic rings. The molecule has 0 bridgehead atoms. The van der Waals surface area contributed by atoms with Gasteiger partial charge in [0.2, 0.25) is 0 Å². The van der Waals surface area contributed by atoms with Crippen molar-refractivity contribution >= 4 is 5.69 Å². The average Bonchev–Trinajstić information content (AvgIpc) is 2.84. The molecule has 2 nitrogen and oxygen atoms in total. The van der Waals surface area contributed by atoms with Crippen molar-refractivity contribution in [2.24, 2.45) is 0 Å². The van der Waals surface area contributed by atoms with Crippen LogP contribution < -0.4 is 5.32 Å². The summed E-state index contributed by atoms with van der Waals surface area (Å²) < 4.78 is 13.6. The van der Waals surface area contributed by atoms with Gasteiger partial charge in [0.05, 0.1) is 17.7 Å². The van der Waals surface area contributed by atoms with Crippen LogP contribution in [0.1, 0.15) is 29.2 Å². The Bertz CT molecular complexity index is 641. The second-order valence-corrected chi connectivity index (χ2v) is 4.73. The molecule has 0 radical (unpaired) electrons. The van der Waals surface area contributed by atoms with E-state index in [9.17, 15) is 4.39 Å². The molecule has 1 atom stereocenters. The molecule has 19 heavy (non-hydrogen) atoms. The maximum Gasteiger partial charge on any atom is 0.126 e. The number of halogens is 1. The van der Waals surface area contributed by atoms with Gasteiger partial charge in [-0.2, -0.15) is 5.26 Å². The highest BCUT2D eigenvalue weighted by Gasteiger charge is 2.24. The summed E-state index contributed by atoms with van der Waals surface area (Å²) in [7, 11) is 0. The first-order valence-corrected chi connectivity index (χ1v) is 6.32. The Balaban J connectivity index is 1.83. The van der Waals surface area contributed by atoms with E-state index in [4.69, 9.17) is 5.26 Å². The van der Waals surface area contributed by atoms with Crippen LogP contribution in [-0.2, 0) is 6.42 Å². The molecule has 0 saturated carbocycles. The maximum absolute atomic E-state index is 13.6. The largest absolute Gasteiger partial charge is 0.378 e. The number of hydrogen-bond donors (Lipinski definition) is 1. The van der Waals surface area contributed by atoms with E-state index in [1.807, 2.05) is 18.2 Å². The quantitative estimate of drug-likeness (QED) is 0.882. The van der Waals surface area contributed by atoms with Gasteiger partial charge in [0.1, 0.15) is 5.82 Å². The Morgan fingerprint density at radius 1 is 1.16 bits per heavy atom. The standard InChI is InChI=1S/C16H13FN2/c17-15-3-1-2-14-13(15)8-9-16(14)19-12-6-4-11(10-18)5-7-12/h1-7,16,19H,8-9H2. The van der Waals surface area contributed by atoms with E-state index in [2.05, 4.69) is 11.4 Å². The minimum absolute atomic E-state index is 0.110. The third-order valence-corrected chi connectivity index (χ3v) is 3.57. The van der Waals surface area contributed by atoms with Crippen LogP contribution in [0.4, 0.5) is 10.1 Å². The monoisotopic (exact) mass is 252 g/mol. The summed E-state index contributed by atoms with van der Waals surface area (Å²) in [6, 6.07) is 14.8. The molecule has 1 N–H and O–H groups in total. The van der Waals surface area contributed by atoms with Crippen LogP contribution in [0.5, 0.6) is 0 Å². The van der Waals surface area contributed by atoms with Crippen LogP contribution in [0.15, 0.2) is 42.5 Å². The summed E-state index contributed by atoms with van der Waals surface area (Å²) in [4.78, 5) is 0. The Labute approximate surface area is 111 Å². The lowest BCUT2D eigenvalue weighted by atomic mass is 10.1. The van der Waals surface area contributed by atoms with Gasteiger partial charge in [0.25, 0.3) is 0 Å². The molecule has 3 rings (SSSR count). The summed E-state index contributed by atoms with van der Waals surface area (Å²) in [6.45, 7) is 0. The molecule has 2 aromatic rings. The zero-order valence-corrected chi connectivity index (χ0v) is 10.4. The molecule has 0 amide bonds. The minimum atomic E-state index is -0.110. The van der Waals surface area contributed by atoms with E-state index in [0.29, 0.717) is 5.56 Å². The second kappa shape index (κ2) is 4.74. The highest BCUT2D eigenvalue weighted by Crippen LogP contribution is 2.35. The summed E-state index contributed by atoms with van der Waals surface area (Å²) in [5.74, 6) is -0.110. The van der Waals surface area contributed by atoms with Crippen molar-refractivity contribution in [2.45, 2.75) is 18.9 Å². The van der Waals surface area contributed by atoms with Crippen molar-refractivity contribution < 1.29 is 4.39 Å². The van der Waals surface area contributed by atoms with Gasteiger partial charge >= 0.3 is 0 Å². The number of anilines is 1. The van der Waals surface area contributed by atoms with Crippen molar-refractivity contribution in [1.82, 2.24) is 0 Å². The van der Waals surface area contributed by atoms with E-state index >= 15 is 0 Å². The van der Waals surface area contributed by atoms with Crippen molar-refractivity contribution in [3.8, 4) is 6.07 Å². The molecule has 2 aromatic carbocycles. The predicted octanol–water partition coefficient (Wildman–Crippen LogP) is 3.80. The number of hydrogen-bond acceptors (Lipinski definition) is 2. The molecule has 0 fully saturated rings. The Hall–Kier alpha value is -2.34. The summed E-state index contributed by atoms with van der Waals surface area (Å²) in [5.41, 5.74) is 3.47. The van der Waals surface area contributed by atoms with E-state index in [0.717, 1.165) is 29.7 Å². The molecule has 1 aliphatic carbocycles. The summed E-state index contributed by atoms with van der Waals surface area (Å²) >= 11 is 0. The molecular formula is C16H13FN2. The molecular weight excluding hydrogens is 239 g/mol. The fraction of sp³-hybridized carbons (Fsp3) is 0.188. The third-order valence-electron chi connectivity index (χ3n) is 3.57. The van der Waals surface area contributed by atoms with E-state index in [1.54, 1.807) is 18.2 Å². The van der Waals surface area contributed by atoms with Crippen LogP contribution >= 0.6 is 0 Å². The van der Waals surface area contributed by atoms with Crippen molar-refractivity contribution in [1.29, 1.82) is 5.26 Å². The maximum atomic E-state index is 13.6. The molecule has 1 unspecified atom stereocenters. The number of rotatable bonds is 2. The number of benzene rings is 2. The second-order valence-electron chi connectivity index (χ2n) is 4.73. The molecule has 0 aromatic heterocycles. The fourth-order valence-corrected chi connectivity index (χ4v) is 2.60. The van der Waals surface area contributed by atoms with Crippen LogP contribution in [0.3, 0.4) is 0 Å². The Morgan fingerprint density at radius 2 is 1.95 bits per heavy atom. The minimum Gasteiger partial charge on any atom is -0.378 e. The lowest BCUT2D eigenvalue weighted by molar-refractivity contribution is 0.612. The van der Waals surface area contributed by atoms with Gasteiger partial charge in [-0.05, 0) is 54.3 Å². The van der Waals surface area contributed by atoms with Gasteiger partial charge in [0, 0.05) is 5.69 Å². The van der Waals surface area contributed by atoms with Crippen LogP contribution in [-0.4, -0.2) is 0 Å². The first-order chi connectivity index (χ1) is 9.28. The Morgan fingerprint density at radius 3 is 2.68 bits per heavy atom. The topological polar surface area (TPSA) is 35.8 Å². The predicted molar refractivity (Wildman–Crippen MR) is 72.2 cm³/mol. The lowest BCUT2D eigenvalue weighted by Crippen LogP contribution is -2.07. The number of nitrogens with zero attached hydrogens (tertiary/aromatic N) is 1. The molecule has 3 heteroatoms. The van der Waals surface area contributed by atoms with Crippen LogP contribution in [0, 0.1) is 17.1 Å². The number of nitriles is 1. The summed E-state index contributed by atoms with van der Waals surface area (Å²) in [6.07, 6.45) is 1.67. The van der Waals surface area contributed by atoms with E-state index < -0.39 is 0 Å². The number of nitrogens with one attached hydrogen (secondary N) is 1. The van der Waals surface area contributed by atoms with Gasteiger partial charge in [0.15, 0.2) is 0 Å². The molecule has 0 aliphatic heterocycles. The first-order valence-electron chi connectivity index (χ1n) is 6.32. The number of fused-ring (bicyclic) bond motifs is 1. The summed E-state index contributed by atoms with van der Waals surface area (Å²) in [5, 5.41) is 12.2. The van der Waals surface area contributed by atoms with Crippen molar-refractivity contribution in [2.75, 3.05) is 5.32 Å². The van der Waals surface area contributed by atoms with Gasteiger partial charge in [-0.1, -0.05) is 12.1 Å².